The highest BCUT2D eigenvalue weighted by molar-refractivity contribution is 6.34. The third-order valence-corrected chi connectivity index (χ3v) is 2.32. The Balaban J connectivity index is 2.88. The first-order chi connectivity index (χ1) is 7.56. The van der Waals surface area contributed by atoms with Crippen molar-refractivity contribution in [2.24, 2.45) is 0 Å². The lowest BCUT2D eigenvalue weighted by molar-refractivity contribution is 0.0797. The van der Waals surface area contributed by atoms with E-state index in [-0.39, 0.29) is 28.2 Å². The predicted molar refractivity (Wildman–Crippen MR) is 59.2 cm³/mol. The van der Waals surface area contributed by atoms with Crippen LogP contribution in [0.1, 0.15) is 16.8 Å². The summed E-state index contributed by atoms with van der Waals surface area (Å²) in [4.78, 5) is 13.2. The number of halogens is 2. The summed E-state index contributed by atoms with van der Waals surface area (Å²) < 4.78 is 0. The molecule has 0 unspecified atom stereocenters. The maximum absolute atomic E-state index is 11.8. The molecule has 0 aromatic carbocycles. The van der Waals surface area contributed by atoms with Gasteiger partial charge in [0.2, 0.25) is 0 Å². The van der Waals surface area contributed by atoms with E-state index in [2.05, 4.69) is 10.2 Å². The first kappa shape index (κ1) is 12.7. The van der Waals surface area contributed by atoms with Gasteiger partial charge in [-0.2, -0.15) is 5.26 Å². The van der Waals surface area contributed by atoms with Gasteiger partial charge < -0.3 is 4.90 Å². The van der Waals surface area contributed by atoms with Crippen LogP contribution in [0, 0.1) is 11.3 Å². The molecule has 0 fully saturated rings. The summed E-state index contributed by atoms with van der Waals surface area (Å²) >= 11 is 11.3. The van der Waals surface area contributed by atoms with E-state index in [1.54, 1.807) is 7.05 Å². The number of nitriles is 1. The van der Waals surface area contributed by atoms with Gasteiger partial charge in [-0.3, -0.25) is 4.79 Å². The minimum Gasteiger partial charge on any atom is -0.341 e. The van der Waals surface area contributed by atoms with Gasteiger partial charge in [0.05, 0.1) is 18.1 Å². The molecule has 0 saturated heterocycles. The number of hydrogen-bond acceptors (Lipinski definition) is 4. The fourth-order valence-corrected chi connectivity index (χ4v) is 1.35. The zero-order chi connectivity index (χ0) is 12.1. The molecule has 0 atom stereocenters. The summed E-state index contributed by atoms with van der Waals surface area (Å²) in [6, 6.07) is 3.30. The highest BCUT2D eigenvalue weighted by Gasteiger charge is 2.16. The number of carbonyl (C=O) groups is 1. The molecule has 5 nitrogen and oxygen atoms in total. The number of amides is 1. The first-order valence-electron chi connectivity index (χ1n) is 4.37. The fourth-order valence-electron chi connectivity index (χ4n) is 1.03. The van der Waals surface area contributed by atoms with E-state index in [9.17, 15) is 4.79 Å². The zero-order valence-electron chi connectivity index (χ0n) is 8.44. The summed E-state index contributed by atoms with van der Waals surface area (Å²) in [6.45, 7) is 0.325. The molecular weight excluding hydrogens is 251 g/mol. The molecule has 0 aliphatic rings. The number of carbonyl (C=O) groups excluding carboxylic acids is 1. The number of hydrogen-bond donors (Lipinski definition) is 0. The predicted octanol–water partition coefficient (Wildman–Crippen LogP) is 1.77. The van der Waals surface area contributed by atoms with Gasteiger partial charge in [-0.15, -0.1) is 10.2 Å². The van der Waals surface area contributed by atoms with Gasteiger partial charge in [0, 0.05) is 13.6 Å². The van der Waals surface area contributed by atoms with Crippen molar-refractivity contribution in [2.45, 2.75) is 6.42 Å². The van der Waals surface area contributed by atoms with Crippen molar-refractivity contribution in [3.8, 4) is 6.07 Å². The normalized spacial score (nSPS) is 9.62. The largest absolute Gasteiger partial charge is 0.341 e. The van der Waals surface area contributed by atoms with Crippen LogP contribution >= 0.6 is 23.2 Å². The van der Waals surface area contributed by atoms with E-state index in [1.165, 1.54) is 11.0 Å². The summed E-state index contributed by atoms with van der Waals surface area (Å²) in [6.07, 6.45) is 0.256. The number of nitrogens with zero attached hydrogens (tertiary/aromatic N) is 4. The third-order valence-electron chi connectivity index (χ3n) is 1.86. The molecule has 84 valence electrons. The van der Waals surface area contributed by atoms with Crippen LogP contribution < -0.4 is 0 Å². The molecule has 7 heteroatoms. The average Bonchev–Trinajstić information content (AvgIpc) is 2.28. The average molecular weight is 259 g/mol. The van der Waals surface area contributed by atoms with E-state index in [0.717, 1.165) is 0 Å². The van der Waals surface area contributed by atoms with Gasteiger partial charge in [0.1, 0.15) is 0 Å². The number of rotatable bonds is 3. The molecule has 1 rings (SSSR count). The van der Waals surface area contributed by atoms with Crippen molar-refractivity contribution in [3.05, 3.63) is 21.9 Å². The summed E-state index contributed by atoms with van der Waals surface area (Å²) in [5.41, 5.74) is 0.183. The van der Waals surface area contributed by atoms with Gasteiger partial charge in [-0.05, 0) is 6.07 Å². The zero-order valence-corrected chi connectivity index (χ0v) is 9.96. The molecule has 0 bridgehead atoms. The molecule has 16 heavy (non-hydrogen) atoms. The van der Waals surface area contributed by atoms with Crippen LogP contribution in [0.15, 0.2) is 6.07 Å². The lowest BCUT2D eigenvalue weighted by Crippen LogP contribution is -2.28. The quantitative estimate of drug-likeness (QED) is 0.829. The van der Waals surface area contributed by atoms with E-state index >= 15 is 0 Å². The van der Waals surface area contributed by atoms with Crippen LogP contribution in [-0.2, 0) is 0 Å². The van der Waals surface area contributed by atoms with Crippen molar-refractivity contribution in [1.29, 1.82) is 5.26 Å². The maximum Gasteiger partial charge on any atom is 0.256 e. The minimum atomic E-state index is -0.336. The van der Waals surface area contributed by atoms with Crippen molar-refractivity contribution < 1.29 is 4.79 Å². The van der Waals surface area contributed by atoms with Gasteiger partial charge in [0.25, 0.3) is 5.91 Å². The Morgan fingerprint density at radius 1 is 1.56 bits per heavy atom. The van der Waals surface area contributed by atoms with Gasteiger partial charge in [-0.1, -0.05) is 23.2 Å². The lowest BCUT2D eigenvalue weighted by Gasteiger charge is -2.15. The molecule has 0 N–H and O–H groups in total. The molecule has 1 amide bonds. The Bertz CT molecular complexity index is 444. The van der Waals surface area contributed by atoms with Crippen molar-refractivity contribution >= 4 is 29.1 Å². The van der Waals surface area contributed by atoms with Gasteiger partial charge in [-0.25, -0.2) is 0 Å². The third kappa shape index (κ3) is 3.05. The van der Waals surface area contributed by atoms with Gasteiger partial charge >= 0.3 is 0 Å². The molecular formula is C9H8Cl2N4O. The van der Waals surface area contributed by atoms with Crippen LogP contribution in [-0.4, -0.2) is 34.6 Å². The Labute approximate surface area is 103 Å². The Morgan fingerprint density at radius 2 is 2.25 bits per heavy atom. The maximum atomic E-state index is 11.8. The van der Waals surface area contributed by atoms with Crippen LogP contribution in [0.5, 0.6) is 0 Å². The van der Waals surface area contributed by atoms with Gasteiger partial charge in [0.15, 0.2) is 10.3 Å². The monoisotopic (exact) mass is 258 g/mol. The highest BCUT2D eigenvalue weighted by atomic mass is 35.5. The molecule has 1 aromatic rings. The van der Waals surface area contributed by atoms with E-state index < -0.39 is 0 Å². The SMILES string of the molecule is CN(CCC#N)C(=O)c1cc(Cl)nnc1Cl. The second-order valence-electron chi connectivity index (χ2n) is 3.01. The molecule has 0 aliphatic heterocycles. The van der Waals surface area contributed by atoms with Crippen molar-refractivity contribution in [2.75, 3.05) is 13.6 Å². The smallest absolute Gasteiger partial charge is 0.256 e. The Hall–Kier alpha value is -1.38. The van der Waals surface area contributed by atoms with Crippen molar-refractivity contribution in [3.63, 3.8) is 0 Å². The second kappa shape index (κ2) is 5.64. The standard InChI is InChI=1S/C9H8Cl2N4O/c1-15(4-2-3-12)9(16)6-5-7(10)13-14-8(6)11/h5H,2,4H2,1H3. The molecule has 1 aromatic heterocycles. The highest BCUT2D eigenvalue weighted by Crippen LogP contribution is 2.16. The summed E-state index contributed by atoms with van der Waals surface area (Å²) in [7, 11) is 1.57. The summed E-state index contributed by atoms with van der Waals surface area (Å²) in [5, 5.41) is 15.5. The summed E-state index contributed by atoms with van der Waals surface area (Å²) in [5.74, 6) is -0.336. The Morgan fingerprint density at radius 3 is 2.88 bits per heavy atom. The van der Waals surface area contributed by atoms with Crippen LogP contribution in [0.4, 0.5) is 0 Å². The number of aromatic nitrogens is 2. The fraction of sp³-hybridized carbons (Fsp3) is 0.333. The van der Waals surface area contributed by atoms with E-state index in [4.69, 9.17) is 28.5 Å². The van der Waals surface area contributed by atoms with Crippen molar-refractivity contribution in [1.82, 2.24) is 15.1 Å². The van der Waals surface area contributed by atoms with E-state index in [1.807, 2.05) is 6.07 Å². The second-order valence-corrected chi connectivity index (χ2v) is 3.75. The molecule has 0 saturated carbocycles. The Kier molecular flexibility index (Phi) is 4.47. The minimum absolute atomic E-state index is 0.00166. The molecule has 1 heterocycles. The van der Waals surface area contributed by atoms with Crippen LogP contribution in [0.25, 0.3) is 0 Å². The van der Waals surface area contributed by atoms with Crippen LogP contribution in [0.2, 0.25) is 10.3 Å². The molecule has 0 aliphatic carbocycles. The topological polar surface area (TPSA) is 69.9 Å². The molecule has 0 radical (unpaired) electrons. The first-order valence-corrected chi connectivity index (χ1v) is 5.13. The lowest BCUT2D eigenvalue weighted by atomic mass is 10.2. The van der Waals surface area contributed by atoms with Crippen LogP contribution in [0.3, 0.4) is 0 Å². The van der Waals surface area contributed by atoms with E-state index in [0.29, 0.717) is 6.54 Å². The molecule has 0 spiro atoms.